The fourth-order valence-corrected chi connectivity index (χ4v) is 8.08. The van der Waals surface area contributed by atoms with Crippen LogP contribution in [-0.2, 0) is 38.9 Å². The number of sulfonamides is 1. The van der Waals surface area contributed by atoms with Gasteiger partial charge in [-0.25, -0.2) is 13.2 Å². The van der Waals surface area contributed by atoms with Crippen molar-refractivity contribution in [2.24, 2.45) is 0 Å². The summed E-state index contributed by atoms with van der Waals surface area (Å²) in [6.07, 6.45) is 0.745. The first-order valence-electron chi connectivity index (χ1n) is 14.7. The smallest absolute Gasteiger partial charge is 0.337 e. The molecule has 2 heterocycles. The van der Waals surface area contributed by atoms with Crippen LogP contribution in [0.4, 0.5) is 5.69 Å². The third kappa shape index (κ3) is 5.60. The number of carbonyl (C=O) groups is 1. The summed E-state index contributed by atoms with van der Waals surface area (Å²) in [5, 5.41) is 22.2. The van der Waals surface area contributed by atoms with Crippen LogP contribution in [0.15, 0.2) is 41.3 Å². The SMILES string of the molecule is Cc1c(-c2c(C)c3c(c(C)c2C(OC(C)(C)C)C(=O)O)CCN(S(=O)(=O)c2ccccc2[N+](=O)[O-])C3)ccc2c1CCCO2. The Hall–Kier alpha value is -3.80. The minimum atomic E-state index is -4.22. The molecule has 234 valence electrons. The summed E-state index contributed by atoms with van der Waals surface area (Å²) < 4.78 is 41.0. The molecule has 0 spiro atoms. The maximum atomic E-state index is 13.8. The zero-order chi connectivity index (χ0) is 32.1. The monoisotopic (exact) mass is 622 g/mol. The quantitative estimate of drug-likeness (QED) is 0.243. The topological polar surface area (TPSA) is 136 Å². The zero-order valence-corrected chi connectivity index (χ0v) is 26.7. The molecule has 44 heavy (non-hydrogen) atoms. The van der Waals surface area contributed by atoms with Gasteiger partial charge in [0.05, 0.1) is 17.1 Å². The molecule has 0 saturated heterocycles. The fourth-order valence-electron chi connectivity index (χ4n) is 6.51. The van der Waals surface area contributed by atoms with Gasteiger partial charge in [-0.05, 0) is 117 Å². The molecule has 0 aliphatic carbocycles. The van der Waals surface area contributed by atoms with Gasteiger partial charge in [-0.15, -0.1) is 0 Å². The molecule has 3 aromatic carbocycles. The van der Waals surface area contributed by atoms with Gasteiger partial charge in [-0.2, -0.15) is 4.31 Å². The summed E-state index contributed by atoms with van der Waals surface area (Å²) in [4.78, 5) is 23.5. The van der Waals surface area contributed by atoms with Crippen molar-refractivity contribution in [3.8, 4) is 16.9 Å². The first-order valence-corrected chi connectivity index (χ1v) is 16.1. The van der Waals surface area contributed by atoms with Crippen LogP contribution in [0.1, 0.15) is 72.2 Å². The first kappa shape index (κ1) is 31.6. The molecule has 1 atom stereocenters. The number of ether oxygens (including phenoxy) is 2. The van der Waals surface area contributed by atoms with Gasteiger partial charge >= 0.3 is 5.97 Å². The lowest BCUT2D eigenvalue weighted by atomic mass is 9.79. The molecule has 0 saturated carbocycles. The second-order valence-electron chi connectivity index (χ2n) is 12.4. The Bertz CT molecular complexity index is 1780. The van der Waals surface area contributed by atoms with Gasteiger partial charge in [-0.1, -0.05) is 18.2 Å². The Kier molecular flexibility index (Phi) is 8.34. The largest absolute Gasteiger partial charge is 0.493 e. The second kappa shape index (κ2) is 11.6. The van der Waals surface area contributed by atoms with Gasteiger partial charge in [0.15, 0.2) is 11.0 Å². The molecule has 5 rings (SSSR count). The van der Waals surface area contributed by atoms with Gasteiger partial charge in [0.25, 0.3) is 5.69 Å². The Morgan fingerprint density at radius 1 is 1.02 bits per heavy atom. The van der Waals surface area contributed by atoms with Crippen molar-refractivity contribution < 1.29 is 32.7 Å². The lowest BCUT2D eigenvalue weighted by Crippen LogP contribution is -2.37. The number of carboxylic acids is 1. The zero-order valence-electron chi connectivity index (χ0n) is 25.9. The number of para-hydroxylation sites is 1. The molecule has 10 nitrogen and oxygen atoms in total. The number of hydrogen-bond acceptors (Lipinski definition) is 7. The van der Waals surface area contributed by atoms with E-state index in [-0.39, 0.29) is 18.0 Å². The molecule has 0 aromatic heterocycles. The molecular weight excluding hydrogens is 584 g/mol. The summed E-state index contributed by atoms with van der Waals surface area (Å²) in [6, 6.07) is 9.22. The van der Waals surface area contributed by atoms with E-state index >= 15 is 0 Å². The average molecular weight is 623 g/mol. The van der Waals surface area contributed by atoms with Crippen LogP contribution in [-0.4, -0.2) is 47.5 Å². The maximum absolute atomic E-state index is 13.8. The number of rotatable bonds is 7. The van der Waals surface area contributed by atoms with Crippen LogP contribution < -0.4 is 4.74 Å². The van der Waals surface area contributed by atoms with Gasteiger partial charge in [-0.3, -0.25) is 10.1 Å². The van der Waals surface area contributed by atoms with E-state index in [1.165, 1.54) is 28.6 Å². The van der Waals surface area contributed by atoms with Gasteiger partial charge in [0.1, 0.15) is 5.75 Å². The predicted molar refractivity (Wildman–Crippen MR) is 166 cm³/mol. The molecular formula is C33H38N2O8S. The van der Waals surface area contributed by atoms with E-state index in [4.69, 9.17) is 9.47 Å². The number of hydrogen-bond donors (Lipinski definition) is 1. The van der Waals surface area contributed by atoms with Gasteiger partial charge < -0.3 is 14.6 Å². The van der Waals surface area contributed by atoms with Crippen LogP contribution in [0.3, 0.4) is 0 Å². The number of nitro benzene ring substituents is 1. The third-order valence-electron chi connectivity index (χ3n) is 8.55. The van der Waals surface area contributed by atoms with Crippen molar-refractivity contribution in [3.63, 3.8) is 0 Å². The van der Waals surface area contributed by atoms with E-state index in [1.54, 1.807) is 0 Å². The molecule has 0 fully saturated rings. The number of benzene rings is 3. The highest BCUT2D eigenvalue weighted by atomic mass is 32.2. The van der Waals surface area contributed by atoms with Crippen LogP contribution in [0.5, 0.6) is 5.75 Å². The molecule has 1 unspecified atom stereocenters. The van der Waals surface area contributed by atoms with E-state index in [2.05, 4.69) is 0 Å². The summed E-state index contributed by atoms with van der Waals surface area (Å²) in [6.45, 7) is 11.9. The van der Waals surface area contributed by atoms with Crippen LogP contribution in [0.25, 0.3) is 11.1 Å². The van der Waals surface area contributed by atoms with Crippen LogP contribution in [0.2, 0.25) is 0 Å². The predicted octanol–water partition coefficient (Wildman–Crippen LogP) is 6.20. The molecule has 0 amide bonds. The summed E-state index contributed by atoms with van der Waals surface area (Å²) in [5.41, 5.74) is 6.05. The van der Waals surface area contributed by atoms with Gasteiger partial charge in [0, 0.05) is 24.7 Å². The minimum absolute atomic E-state index is 0.00532. The van der Waals surface area contributed by atoms with E-state index < -0.39 is 38.3 Å². The molecule has 3 aromatic rings. The van der Waals surface area contributed by atoms with E-state index in [0.717, 1.165) is 57.5 Å². The number of nitrogens with zero attached hydrogens (tertiary/aromatic N) is 2. The van der Waals surface area contributed by atoms with Crippen molar-refractivity contribution in [3.05, 3.63) is 85.5 Å². The van der Waals surface area contributed by atoms with E-state index in [1.807, 2.05) is 53.7 Å². The van der Waals surface area contributed by atoms with Crippen molar-refractivity contribution in [2.75, 3.05) is 13.2 Å². The van der Waals surface area contributed by atoms with E-state index in [9.17, 15) is 28.4 Å². The lowest BCUT2D eigenvalue weighted by molar-refractivity contribution is -0.387. The molecule has 2 aliphatic heterocycles. The summed E-state index contributed by atoms with van der Waals surface area (Å²) >= 11 is 0. The molecule has 0 radical (unpaired) electrons. The van der Waals surface area contributed by atoms with Crippen LogP contribution in [0, 0.1) is 30.9 Å². The number of nitro groups is 1. The second-order valence-corrected chi connectivity index (χ2v) is 14.3. The molecule has 2 aliphatic rings. The number of fused-ring (bicyclic) bond motifs is 2. The standard InChI is InChI=1S/C33H38N2O8S/c1-19-23-10-9-17-42-27(23)14-13-24(19)29-21(3)25-18-34(44(40,41)28-12-8-7-11-26(28)35(38)39)16-15-22(25)20(2)30(29)31(32(36)37)43-33(4,5)6/h7-8,11-14,31H,9-10,15-18H2,1-6H3,(H,36,37). The number of carboxylic acid groups (broad SMARTS) is 1. The Labute approximate surface area is 257 Å². The fraction of sp³-hybridized carbons (Fsp3) is 0.424. The Balaban J connectivity index is 1.74. The number of aliphatic carboxylic acids is 1. The highest BCUT2D eigenvalue weighted by molar-refractivity contribution is 7.89. The lowest BCUT2D eigenvalue weighted by Gasteiger charge is -2.35. The van der Waals surface area contributed by atoms with Gasteiger partial charge in [0.2, 0.25) is 10.0 Å². The molecule has 0 bridgehead atoms. The van der Waals surface area contributed by atoms with Crippen molar-refractivity contribution >= 4 is 21.7 Å². The van der Waals surface area contributed by atoms with E-state index in [0.29, 0.717) is 24.2 Å². The van der Waals surface area contributed by atoms with Crippen molar-refractivity contribution in [1.82, 2.24) is 4.31 Å². The third-order valence-corrected chi connectivity index (χ3v) is 10.4. The normalized spacial score (nSPS) is 16.0. The Morgan fingerprint density at radius 2 is 1.73 bits per heavy atom. The highest BCUT2D eigenvalue weighted by Gasteiger charge is 2.38. The maximum Gasteiger partial charge on any atom is 0.337 e. The molecule has 1 N–H and O–H groups in total. The summed E-state index contributed by atoms with van der Waals surface area (Å²) in [5.74, 6) is -0.298. The van der Waals surface area contributed by atoms with Crippen molar-refractivity contribution in [2.45, 2.75) is 84.0 Å². The van der Waals surface area contributed by atoms with Crippen LogP contribution >= 0.6 is 0 Å². The minimum Gasteiger partial charge on any atom is -0.493 e. The Morgan fingerprint density at radius 3 is 2.39 bits per heavy atom. The molecule has 11 heteroatoms. The average Bonchev–Trinajstić information content (AvgIpc) is 2.97. The highest BCUT2D eigenvalue weighted by Crippen LogP contribution is 2.46. The summed E-state index contributed by atoms with van der Waals surface area (Å²) in [7, 11) is -4.22. The first-order chi connectivity index (χ1) is 20.6. The van der Waals surface area contributed by atoms with Crippen molar-refractivity contribution in [1.29, 1.82) is 0 Å².